The number of rotatable bonds is 0. The highest BCUT2D eigenvalue weighted by Gasteiger charge is 2.34. The quantitative estimate of drug-likeness (QED) is 0.619. The Morgan fingerprint density at radius 1 is 1.36 bits per heavy atom. The summed E-state index contributed by atoms with van der Waals surface area (Å²) in [6.45, 7) is 1.27. The molecule has 2 unspecified atom stereocenters. The first-order valence-corrected chi connectivity index (χ1v) is 5.58. The van der Waals surface area contributed by atoms with Crippen LogP contribution in [-0.4, -0.2) is 34.1 Å². The summed E-state index contributed by atoms with van der Waals surface area (Å²) in [5.41, 5.74) is 0. The number of likely N-dealkylation sites (N-methyl/N-ethyl adjacent to an activating group) is 1. The van der Waals surface area contributed by atoms with E-state index in [9.17, 15) is 0 Å². The molecule has 0 radical (unpaired) electrons. The second-order valence-corrected chi connectivity index (χ2v) is 4.55. The second-order valence-electron chi connectivity index (χ2n) is 4.55. The van der Waals surface area contributed by atoms with Gasteiger partial charge in [-0.2, -0.15) is 0 Å². The van der Waals surface area contributed by atoms with Crippen LogP contribution in [0.25, 0.3) is 0 Å². The molecule has 2 aliphatic heterocycles. The van der Waals surface area contributed by atoms with E-state index in [4.69, 9.17) is 0 Å². The van der Waals surface area contributed by atoms with Crippen molar-refractivity contribution in [3.8, 4) is 0 Å². The van der Waals surface area contributed by atoms with Gasteiger partial charge in [0.25, 0.3) is 0 Å². The number of piperidine rings is 1. The van der Waals surface area contributed by atoms with E-state index in [0.717, 1.165) is 12.5 Å². The van der Waals surface area contributed by atoms with Crippen molar-refractivity contribution >= 4 is 0 Å². The van der Waals surface area contributed by atoms with Gasteiger partial charge in [-0.15, -0.1) is 0 Å². The molecule has 0 N–H and O–H groups in total. The van der Waals surface area contributed by atoms with Crippen LogP contribution in [0.2, 0.25) is 0 Å². The lowest BCUT2D eigenvalue weighted by Gasteiger charge is -2.43. The van der Waals surface area contributed by atoms with E-state index < -0.39 is 0 Å². The predicted octanol–water partition coefficient (Wildman–Crippen LogP) is 1.46. The molecule has 0 amide bonds. The van der Waals surface area contributed by atoms with Crippen molar-refractivity contribution in [2.24, 2.45) is 0 Å². The van der Waals surface area contributed by atoms with E-state index in [1.54, 1.807) is 0 Å². The average molecular weight is 191 g/mol. The van der Waals surface area contributed by atoms with E-state index in [1.165, 1.54) is 31.6 Å². The molecule has 76 valence electrons. The van der Waals surface area contributed by atoms with Gasteiger partial charge >= 0.3 is 0 Å². The van der Waals surface area contributed by atoms with Gasteiger partial charge < -0.3 is 9.47 Å². The number of hydrogen-bond donors (Lipinski definition) is 0. The summed E-state index contributed by atoms with van der Waals surface area (Å²) in [7, 11) is 2.26. The minimum absolute atomic E-state index is 0.694. The molecule has 3 heteroatoms. The lowest BCUT2D eigenvalue weighted by molar-refractivity contribution is 0.102. The zero-order valence-corrected chi connectivity index (χ0v) is 8.69. The van der Waals surface area contributed by atoms with Gasteiger partial charge in [-0.1, -0.05) is 0 Å². The predicted molar refractivity (Wildman–Crippen MR) is 55.2 cm³/mol. The fourth-order valence-electron chi connectivity index (χ4n) is 3.06. The van der Waals surface area contributed by atoms with Crippen molar-refractivity contribution in [2.45, 2.75) is 37.8 Å². The Morgan fingerprint density at radius 2 is 2.29 bits per heavy atom. The van der Waals surface area contributed by atoms with Crippen molar-refractivity contribution in [3.63, 3.8) is 0 Å². The number of hydrogen-bond acceptors (Lipinski definition) is 2. The second kappa shape index (κ2) is 3.09. The smallest absolute Gasteiger partial charge is 0.108 e. The van der Waals surface area contributed by atoms with Crippen molar-refractivity contribution < 1.29 is 0 Å². The molecule has 1 aromatic rings. The number of aryl methyl sites for hydroxylation is 1. The molecule has 1 aromatic heterocycles. The molecular formula is C11H17N3. The number of likely N-dealkylation sites (tertiary alicyclic amines) is 1. The van der Waals surface area contributed by atoms with Gasteiger partial charge in [0.1, 0.15) is 5.82 Å². The van der Waals surface area contributed by atoms with E-state index in [2.05, 4.69) is 27.7 Å². The standard InChI is InChI=1S/C11H17N3/c1-13-7-2-3-10-9(13)4-5-11-12-6-8-14(10)11/h6,8-10H,2-5,7H2,1H3. The molecule has 1 saturated heterocycles. The van der Waals surface area contributed by atoms with Crippen LogP contribution in [0.4, 0.5) is 0 Å². The molecule has 14 heavy (non-hydrogen) atoms. The molecule has 3 rings (SSSR count). The largest absolute Gasteiger partial charge is 0.330 e. The Hall–Kier alpha value is -0.830. The molecule has 1 fully saturated rings. The first-order valence-electron chi connectivity index (χ1n) is 5.58. The number of nitrogens with zero attached hydrogens (tertiary/aromatic N) is 3. The van der Waals surface area contributed by atoms with Crippen LogP contribution in [0.1, 0.15) is 31.1 Å². The summed E-state index contributed by atoms with van der Waals surface area (Å²) in [6, 6.07) is 1.45. The highest BCUT2D eigenvalue weighted by Crippen LogP contribution is 2.34. The Labute approximate surface area is 84.7 Å². The fourth-order valence-corrected chi connectivity index (χ4v) is 3.06. The van der Waals surface area contributed by atoms with Crippen LogP contribution in [0, 0.1) is 0 Å². The monoisotopic (exact) mass is 191 g/mol. The summed E-state index contributed by atoms with van der Waals surface area (Å²) < 4.78 is 2.41. The molecule has 0 bridgehead atoms. The summed E-state index contributed by atoms with van der Waals surface area (Å²) >= 11 is 0. The van der Waals surface area contributed by atoms with Gasteiger partial charge in [0.05, 0.1) is 6.04 Å². The number of aromatic nitrogens is 2. The van der Waals surface area contributed by atoms with Crippen LogP contribution < -0.4 is 0 Å². The maximum atomic E-state index is 4.42. The van der Waals surface area contributed by atoms with E-state index in [-0.39, 0.29) is 0 Å². The molecule has 0 aliphatic carbocycles. The number of imidazole rings is 1. The van der Waals surface area contributed by atoms with E-state index in [0.29, 0.717) is 6.04 Å². The van der Waals surface area contributed by atoms with Gasteiger partial charge in [0.2, 0.25) is 0 Å². The van der Waals surface area contributed by atoms with Crippen molar-refractivity contribution in [3.05, 3.63) is 18.2 Å². The lowest BCUT2D eigenvalue weighted by Crippen LogP contribution is -2.46. The molecule has 0 saturated carbocycles. The zero-order valence-electron chi connectivity index (χ0n) is 8.69. The maximum absolute atomic E-state index is 4.42. The zero-order chi connectivity index (χ0) is 9.54. The van der Waals surface area contributed by atoms with Crippen molar-refractivity contribution in [1.82, 2.24) is 14.5 Å². The van der Waals surface area contributed by atoms with Gasteiger partial charge in [-0.3, -0.25) is 0 Å². The lowest BCUT2D eigenvalue weighted by atomic mass is 9.90. The molecular weight excluding hydrogens is 174 g/mol. The van der Waals surface area contributed by atoms with Crippen LogP contribution in [0.3, 0.4) is 0 Å². The third kappa shape index (κ3) is 1.12. The average Bonchev–Trinajstić information content (AvgIpc) is 2.66. The van der Waals surface area contributed by atoms with Gasteiger partial charge in [0.15, 0.2) is 0 Å². The Bertz CT molecular complexity index is 331. The third-order valence-electron chi connectivity index (χ3n) is 3.79. The summed E-state index contributed by atoms with van der Waals surface area (Å²) in [5.74, 6) is 1.29. The third-order valence-corrected chi connectivity index (χ3v) is 3.79. The highest BCUT2D eigenvalue weighted by molar-refractivity contribution is 5.04. The number of fused-ring (bicyclic) bond motifs is 3. The minimum Gasteiger partial charge on any atom is -0.330 e. The summed E-state index contributed by atoms with van der Waals surface area (Å²) in [5, 5.41) is 0. The first-order chi connectivity index (χ1) is 6.86. The Morgan fingerprint density at radius 3 is 3.21 bits per heavy atom. The van der Waals surface area contributed by atoms with Crippen LogP contribution in [0.15, 0.2) is 12.4 Å². The molecule has 2 aliphatic rings. The highest BCUT2D eigenvalue weighted by atomic mass is 15.2. The Kier molecular flexibility index (Phi) is 1.87. The molecule has 0 aromatic carbocycles. The van der Waals surface area contributed by atoms with Crippen molar-refractivity contribution in [1.29, 1.82) is 0 Å². The van der Waals surface area contributed by atoms with E-state index in [1.807, 2.05) is 6.20 Å². The fraction of sp³-hybridized carbons (Fsp3) is 0.727. The molecule has 0 spiro atoms. The minimum atomic E-state index is 0.694. The van der Waals surface area contributed by atoms with Crippen LogP contribution in [-0.2, 0) is 6.42 Å². The maximum Gasteiger partial charge on any atom is 0.108 e. The van der Waals surface area contributed by atoms with Gasteiger partial charge in [-0.25, -0.2) is 4.98 Å². The molecule has 2 atom stereocenters. The first kappa shape index (κ1) is 8.48. The molecule has 3 nitrogen and oxygen atoms in total. The van der Waals surface area contributed by atoms with Gasteiger partial charge in [0, 0.05) is 24.9 Å². The normalized spacial score (nSPS) is 32.4. The topological polar surface area (TPSA) is 21.1 Å². The van der Waals surface area contributed by atoms with Gasteiger partial charge in [-0.05, 0) is 32.9 Å². The summed E-state index contributed by atoms with van der Waals surface area (Å²) in [4.78, 5) is 6.94. The SMILES string of the molecule is CN1CCCC2C1CCc1nccn12. The Balaban J connectivity index is 1.96. The van der Waals surface area contributed by atoms with Crippen LogP contribution >= 0.6 is 0 Å². The van der Waals surface area contributed by atoms with Crippen molar-refractivity contribution in [2.75, 3.05) is 13.6 Å². The molecule has 3 heterocycles. The van der Waals surface area contributed by atoms with E-state index >= 15 is 0 Å². The van der Waals surface area contributed by atoms with Crippen LogP contribution in [0.5, 0.6) is 0 Å². The summed E-state index contributed by atoms with van der Waals surface area (Å²) in [6.07, 6.45) is 9.21.